The smallest absolute Gasteiger partial charge is 0.264 e. The van der Waals surface area contributed by atoms with Crippen molar-refractivity contribution in [2.24, 2.45) is 0 Å². The third-order valence-corrected chi connectivity index (χ3v) is 9.07. The van der Waals surface area contributed by atoms with Gasteiger partial charge in [0, 0.05) is 18.2 Å². The fraction of sp³-hybridized carbons (Fsp3) is 0.310. The Hall–Kier alpha value is -3.14. The van der Waals surface area contributed by atoms with Crippen molar-refractivity contribution in [1.82, 2.24) is 10.2 Å². The van der Waals surface area contributed by atoms with E-state index in [0.29, 0.717) is 6.42 Å². The molecule has 0 saturated heterocycles. The lowest BCUT2D eigenvalue weighted by Crippen LogP contribution is -2.52. The van der Waals surface area contributed by atoms with Crippen LogP contribution in [0.25, 0.3) is 0 Å². The second-order valence-electron chi connectivity index (χ2n) is 9.53. The molecule has 0 saturated carbocycles. The number of nitrogens with one attached hydrogen (secondary N) is 1. The quantitative estimate of drug-likeness (QED) is 0.291. The maximum atomic E-state index is 14.6. The first-order valence-corrected chi connectivity index (χ1v) is 14.9. The van der Waals surface area contributed by atoms with E-state index in [2.05, 4.69) is 5.32 Å². The zero-order chi connectivity index (χ0) is 29.6. The Balaban J connectivity index is 2.06. The van der Waals surface area contributed by atoms with Crippen molar-refractivity contribution in [1.29, 1.82) is 0 Å². The maximum absolute atomic E-state index is 14.6. The van der Waals surface area contributed by atoms with Gasteiger partial charge in [0.1, 0.15) is 18.4 Å². The molecule has 0 aliphatic carbocycles. The molecule has 7 nitrogen and oxygen atoms in total. The summed E-state index contributed by atoms with van der Waals surface area (Å²) in [6, 6.07) is 15.1. The van der Waals surface area contributed by atoms with Gasteiger partial charge in [-0.1, -0.05) is 66.0 Å². The van der Waals surface area contributed by atoms with Crippen LogP contribution in [0, 0.1) is 12.7 Å². The number of aryl methyl sites for hydroxylation is 1. The Morgan fingerprint density at radius 2 is 1.62 bits per heavy atom. The summed E-state index contributed by atoms with van der Waals surface area (Å²) in [6.07, 6.45) is 0.666. The van der Waals surface area contributed by atoms with E-state index in [1.807, 2.05) is 20.8 Å². The van der Waals surface area contributed by atoms with Gasteiger partial charge < -0.3 is 10.2 Å². The third kappa shape index (κ3) is 7.53. The number of nitrogens with zero attached hydrogens (tertiary/aromatic N) is 2. The van der Waals surface area contributed by atoms with Gasteiger partial charge in [-0.05, 0) is 63.6 Å². The summed E-state index contributed by atoms with van der Waals surface area (Å²) >= 11 is 12.3. The number of halogens is 3. The van der Waals surface area contributed by atoms with Crippen LogP contribution >= 0.6 is 23.2 Å². The SMILES string of the molecule is CC[C@@H](C)NC(=O)[C@@H](C)N(Cc1ccccc1F)C(=O)CN(c1ccc(Cl)c(Cl)c1)S(=O)(=O)c1ccc(C)cc1. The van der Waals surface area contributed by atoms with E-state index < -0.39 is 40.2 Å². The Morgan fingerprint density at radius 1 is 0.975 bits per heavy atom. The van der Waals surface area contributed by atoms with Crippen LogP contribution in [0.2, 0.25) is 10.0 Å². The molecule has 214 valence electrons. The fourth-order valence-electron chi connectivity index (χ4n) is 3.86. The second kappa shape index (κ2) is 13.5. The van der Waals surface area contributed by atoms with Crippen molar-refractivity contribution in [3.63, 3.8) is 0 Å². The molecular weight excluding hydrogens is 576 g/mol. The molecule has 0 aliphatic heterocycles. The molecule has 0 unspecified atom stereocenters. The van der Waals surface area contributed by atoms with Gasteiger partial charge in [-0.25, -0.2) is 12.8 Å². The van der Waals surface area contributed by atoms with Gasteiger partial charge in [-0.15, -0.1) is 0 Å². The summed E-state index contributed by atoms with van der Waals surface area (Å²) in [5, 5.41) is 3.14. The van der Waals surface area contributed by atoms with Crippen LogP contribution < -0.4 is 9.62 Å². The Kier molecular flexibility index (Phi) is 10.6. The van der Waals surface area contributed by atoms with Gasteiger partial charge in [0.05, 0.1) is 20.6 Å². The number of anilines is 1. The number of carbonyl (C=O) groups excluding carboxylic acids is 2. The summed E-state index contributed by atoms with van der Waals surface area (Å²) in [4.78, 5) is 28.1. The Morgan fingerprint density at radius 3 is 2.23 bits per heavy atom. The highest BCUT2D eigenvalue weighted by molar-refractivity contribution is 7.92. The molecule has 1 N–H and O–H groups in total. The van der Waals surface area contributed by atoms with Crippen molar-refractivity contribution in [3.8, 4) is 0 Å². The number of hydrogen-bond acceptors (Lipinski definition) is 4. The van der Waals surface area contributed by atoms with Gasteiger partial charge in [0.15, 0.2) is 0 Å². The van der Waals surface area contributed by atoms with E-state index in [1.54, 1.807) is 18.2 Å². The summed E-state index contributed by atoms with van der Waals surface area (Å²) in [5.41, 5.74) is 1.14. The summed E-state index contributed by atoms with van der Waals surface area (Å²) in [7, 11) is -4.27. The van der Waals surface area contributed by atoms with Gasteiger partial charge in [-0.2, -0.15) is 0 Å². The lowest BCUT2D eigenvalue weighted by atomic mass is 10.1. The molecule has 0 fully saturated rings. The fourth-order valence-corrected chi connectivity index (χ4v) is 5.56. The normalized spacial score (nSPS) is 12.9. The van der Waals surface area contributed by atoms with Crippen LogP contribution in [0.5, 0.6) is 0 Å². The lowest BCUT2D eigenvalue weighted by Gasteiger charge is -2.32. The largest absolute Gasteiger partial charge is 0.352 e. The topological polar surface area (TPSA) is 86.8 Å². The van der Waals surface area contributed by atoms with Crippen molar-refractivity contribution in [3.05, 3.63) is 93.7 Å². The first-order valence-electron chi connectivity index (χ1n) is 12.7. The molecule has 3 aromatic rings. The van der Waals surface area contributed by atoms with Crippen LogP contribution in [0.4, 0.5) is 10.1 Å². The standard InChI is InChI=1S/C29H32Cl2FN3O4S/c1-5-20(3)33-29(37)21(4)34(17-22-8-6-7-9-27(22)32)28(36)18-35(23-12-15-25(30)26(31)16-23)40(38,39)24-13-10-19(2)11-14-24/h6-16,20-21H,5,17-18H2,1-4H3,(H,33,37)/t20-,21-/m1/s1. The lowest BCUT2D eigenvalue weighted by molar-refractivity contribution is -0.139. The molecule has 3 aromatic carbocycles. The van der Waals surface area contributed by atoms with Crippen molar-refractivity contribution >= 4 is 50.7 Å². The molecule has 2 amide bonds. The first kappa shape index (κ1) is 31.4. The van der Waals surface area contributed by atoms with E-state index in [-0.39, 0.29) is 38.8 Å². The molecule has 0 heterocycles. The molecule has 11 heteroatoms. The van der Waals surface area contributed by atoms with Gasteiger partial charge >= 0.3 is 0 Å². The number of benzene rings is 3. The summed E-state index contributed by atoms with van der Waals surface area (Å²) < 4.78 is 43.2. The van der Waals surface area contributed by atoms with Crippen LogP contribution in [-0.4, -0.2) is 43.8 Å². The summed E-state index contributed by atoms with van der Waals surface area (Å²) in [5.74, 6) is -1.71. The van der Waals surface area contributed by atoms with Gasteiger partial charge in [0.25, 0.3) is 10.0 Å². The first-order chi connectivity index (χ1) is 18.8. The van der Waals surface area contributed by atoms with Crippen LogP contribution in [0.1, 0.15) is 38.3 Å². The molecule has 3 rings (SSSR count). The minimum atomic E-state index is -4.27. The number of carbonyl (C=O) groups is 2. The molecule has 0 spiro atoms. The monoisotopic (exact) mass is 607 g/mol. The van der Waals surface area contributed by atoms with E-state index >= 15 is 0 Å². The van der Waals surface area contributed by atoms with E-state index in [9.17, 15) is 22.4 Å². The highest BCUT2D eigenvalue weighted by Crippen LogP contribution is 2.31. The number of hydrogen-bond donors (Lipinski definition) is 1. The van der Waals surface area contributed by atoms with Gasteiger partial charge in [0.2, 0.25) is 11.8 Å². The number of amides is 2. The Bertz CT molecular complexity index is 1470. The predicted octanol–water partition coefficient (Wildman–Crippen LogP) is 5.97. The van der Waals surface area contributed by atoms with E-state index in [4.69, 9.17) is 23.2 Å². The van der Waals surface area contributed by atoms with Crippen molar-refractivity contribution in [2.45, 2.75) is 57.6 Å². The van der Waals surface area contributed by atoms with Crippen molar-refractivity contribution < 1.29 is 22.4 Å². The van der Waals surface area contributed by atoms with E-state index in [1.165, 1.54) is 60.4 Å². The zero-order valence-corrected chi connectivity index (χ0v) is 25.0. The average Bonchev–Trinajstić information content (AvgIpc) is 2.92. The highest BCUT2D eigenvalue weighted by Gasteiger charge is 2.33. The van der Waals surface area contributed by atoms with Crippen LogP contribution in [0.3, 0.4) is 0 Å². The Labute approximate surface area is 244 Å². The van der Waals surface area contributed by atoms with Crippen LogP contribution in [0.15, 0.2) is 71.6 Å². The molecule has 0 radical (unpaired) electrons. The molecule has 2 atom stereocenters. The minimum absolute atomic E-state index is 0.0415. The number of sulfonamides is 1. The van der Waals surface area contributed by atoms with Crippen molar-refractivity contribution in [2.75, 3.05) is 10.8 Å². The third-order valence-electron chi connectivity index (χ3n) is 6.55. The molecule has 0 aromatic heterocycles. The molecular formula is C29H32Cl2FN3O4S. The minimum Gasteiger partial charge on any atom is -0.352 e. The summed E-state index contributed by atoms with van der Waals surface area (Å²) in [6.45, 7) is 6.15. The van der Waals surface area contributed by atoms with Crippen LogP contribution in [-0.2, 0) is 26.2 Å². The zero-order valence-electron chi connectivity index (χ0n) is 22.7. The molecule has 0 aliphatic rings. The highest BCUT2D eigenvalue weighted by atomic mass is 35.5. The molecule has 40 heavy (non-hydrogen) atoms. The van der Waals surface area contributed by atoms with Gasteiger partial charge in [-0.3, -0.25) is 13.9 Å². The molecule has 0 bridgehead atoms. The maximum Gasteiger partial charge on any atom is 0.264 e. The number of rotatable bonds is 11. The van der Waals surface area contributed by atoms with E-state index in [0.717, 1.165) is 9.87 Å². The average molecular weight is 609 g/mol. The predicted molar refractivity (Wildman–Crippen MR) is 156 cm³/mol. The second-order valence-corrected chi connectivity index (χ2v) is 12.2.